The maximum atomic E-state index is 13.9. The average molecular weight is 495 g/mol. The molecule has 0 spiro atoms. The van der Waals surface area contributed by atoms with Gasteiger partial charge in [0.2, 0.25) is 5.95 Å². The summed E-state index contributed by atoms with van der Waals surface area (Å²) in [6, 6.07) is 20.9. The summed E-state index contributed by atoms with van der Waals surface area (Å²) in [6.45, 7) is 0. The van der Waals surface area contributed by atoms with Crippen LogP contribution in [-0.4, -0.2) is 24.3 Å². The first kappa shape index (κ1) is 23.4. The highest BCUT2D eigenvalue weighted by Gasteiger charge is 2.17. The first-order chi connectivity index (χ1) is 16.4. The van der Waals surface area contributed by atoms with Crippen molar-refractivity contribution in [3.05, 3.63) is 108 Å². The highest BCUT2D eigenvalue weighted by atomic mass is 32.2. The third-order valence-corrected chi connectivity index (χ3v) is 7.15. The van der Waals surface area contributed by atoms with Crippen LogP contribution in [0.4, 0.5) is 16.0 Å². The maximum Gasteiger partial charge on any atom is 0.264 e. The summed E-state index contributed by atoms with van der Waals surface area (Å²) in [4.78, 5) is 21.3. The molecule has 0 saturated heterocycles. The summed E-state index contributed by atoms with van der Waals surface area (Å²) in [5.74, 6) is -0.311. The van der Waals surface area contributed by atoms with Crippen LogP contribution in [0.5, 0.6) is 0 Å². The molecule has 3 aromatic carbocycles. The second kappa shape index (κ2) is 10.4. The monoisotopic (exact) mass is 494 g/mol. The van der Waals surface area contributed by atoms with Crippen molar-refractivity contribution in [3.8, 4) is 0 Å². The van der Waals surface area contributed by atoms with Gasteiger partial charge in [0.15, 0.2) is 0 Å². The number of benzene rings is 3. The van der Waals surface area contributed by atoms with Crippen LogP contribution in [0.15, 0.2) is 101 Å². The molecule has 172 valence electrons. The van der Waals surface area contributed by atoms with Gasteiger partial charge in [-0.15, -0.1) is 11.8 Å². The predicted molar refractivity (Wildman–Crippen MR) is 130 cm³/mol. The highest BCUT2D eigenvalue weighted by molar-refractivity contribution is 7.98. The van der Waals surface area contributed by atoms with Gasteiger partial charge in [-0.1, -0.05) is 30.3 Å². The van der Waals surface area contributed by atoms with Gasteiger partial charge >= 0.3 is 0 Å². The number of thioether (sulfide) groups is 1. The number of hydrogen-bond acceptors (Lipinski definition) is 6. The number of carbonyl (C=O) groups excluding carboxylic acids is 1. The predicted octanol–water partition coefficient (Wildman–Crippen LogP) is 4.96. The minimum atomic E-state index is -3.88. The molecular formula is C24H19FN4O3S2. The molecule has 1 aromatic heterocycles. The number of anilines is 2. The fraction of sp³-hybridized carbons (Fsp3) is 0.0417. The van der Waals surface area contributed by atoms with Crippen LogP contribution in [0.1, 0.15) is 15.9 Å². The van der Waals surface area contributed by atoms with Gasteiger partial charge in [-0.3, -0.25) is 4.79 Å². The SMILES string of the molecule is O=C(Nc1ccc(S(=O)(=O)Nc2ncccn2)cc1)c1ccccc1SCc1ccccc1F. The minimum absolute atomic E-state index is 0.00112. The molecule has 1 amide bonds. The Morgan fingerprint density at radius 1 is 0.882 bits per heavy atom. The zero-order valence-electron chi connectivity index (χ0n) is 17.7. The number of sulfonamides is 1. The normalized spacial score (nSPS) is 11.1. The quantitative estimate of drug-likeness (QED) is 0.336. The van der Waals surface area contributed by atoms with Gasteiger partial charge in [0.1, 0.15) is 5.82 Å². The van der Waals surface area contributed by atoms with E-state index in [-0.39, 0.29) is 22.6 Å². The van der Waals surface area contributed by atoms with Crippen molar-refractivity contribution in [3.63, 3.8) is 0 Å². The van der Waals surface area contributed by atoms with Crippen molar-refractivity contribution >= 4 is 39.3 Å². The van der Waals surface area contributed by atoms with E-state index >= 15 is 0 Å². The molecule has 4 rings (SSSR count). The van der Waals surface area contributed by atoms with Crippen LogP contribution in [0, 0.1) is 5.82 Å². The second-order valence-electron chi connectivity index (χ2n) is 7.03. The van der Waals surface area contributed by atoms with Crippen LogP contribution < -0.4 is 10.0 Å². The van der Waals surface area contributed by atoms with Crippen LogP contribution in [0.3, 0.4) is 0 Å². The Balaban J connectivity index is 1.44. The number of amides is 1. The van der Waals surface area contributed by atoms with Gasteiger partial charge in [-0.25, -0.2) is 27.5 Å². The average Bonchev–Trinajstić information content (AvgIpc) is 2.84. The van der Waals surface area contributed by atoms with Gasteiger partial charge in [-0.05, 0) is 54.1 Å². The lowest BCUT2D eigenvalue weighted by Crippen LogP contribution is -2.15. The van der Waals surface area contributed by atoms with E-state index in [1.165, 1.54) is 54.5 Å². The van der Waals surface area contributed by atoms with Crippen molar-refractivity contribution < 1.29 is 17.6 Å². The van der Waals surface area contributed by atoms with E-state index in [1.54, 1.807) is 42.5 Å². The fourth-order valence-corrected chi connectivity index (χ4v) is 4.99. The molecule has 10 heteroatoms. The van der Waals surface area contributed by atoms with Gasteiger partial charge < -0.3 is 5.32 Å². The molecule has 0 fully saturated rings. The molecule has 0 bridgehead atoms. The van der Waals surface area contributed by atoms with Crippen LogP contribution >= 0.6 is 11.8 Å². The highest BCUT2D eigenvalue weighted by Crippen LogP contribution is 2.28. The van der Waals surface area contributed by atoms with Gasteiger partial charge in [0.25, 0.3) is 15.9 Å². The Morgan fingerprint density at radius 2 is 1.56 bits per heavy atom. The standard InChI is InChI=1S/C24H19FN4O3S2/c25-21-8-3-1-6-17(21)16-33-22-9-4-2-7-20(22)23(30)28-18-10-12-19(13-11-18)34(31,32)29-24-26-14-5-15-27-24/h1-15H,16H2,(H,28,30)(H,26,27,29). The van der Waals surface area contributed by atoms with E-state index in [0.717, 1.165) is 0 Å². The molecule has 0 unspecified atom stereocenters. The molecule has 0 aliphatic carbocycles. The van der Waals surface area contributed by atoms with E-state index in [2.05, 4.69) is 20.0 Å². The largest absolute Gasteiger partial charge is 0.322 e. The fourth-order valence-electron chi connectivity index (χ4n) is 3.00. The number of rotatable bonds is 8. The Kier molecular flexibility index (Phi) is 7.19. The van der Waals surface area contributed by atoms with Crippen molar-refractivity contribution in [1.82, 2.24) is 9.97 Å². The van der Waals surface area contributed by atoms with Crippen molar-refractivity contribution in [2.45, 2.75) is 15.5 Å². The summed E-state index contributed by atoms with van der Waals surface area (Å²) in [5.41, 5.74) is 1.41. The molecule has 0 saturated carbocycles. The molecule has 2 N–H and O–H groups in total. The van der Waals surface area contributed by atoms with Gasteiger partial charge in [-0.2, -0.15) is 0 Å². The lowest BCUT2D eigenvalue weighted by molar-refractivity contribution is 0.102. The number of nitrogens with one attached hydrogen (secondary N) is 2. The smallest absolute Gasteiger partial charge is 0.264 e. The van der Waals surface area contributed by atoms with E-state index in [4.69, 9.17) is 0 Å². The molecule has 0 atom stereocenters. The Morgan fingerprint density at radius 3 is 2.29 bits per heavy atom. The number of nitrogens with zero attached hydrogens (tertiary/aromatic N) is 2. The van der Waals surface area contributed by atoms with Crippen molar-refractivity contribution in [2.24, 2.45) is 0 Å². The van der Waals surface area contributed by atoms with E-state index in [1.807, 2.05) is 6.07 Å². The summed E-state index contributed by atoms with van der Waals surface area (Å²) < 4.78 is 41.2. The molecule has 4 aromatic rings. The lowest BCUT2D eigenvalue weighted by Gasteiger charge is -2.11. The Labute approximate surface area is 200 Å². The van der Waals surface area contributed by atoms with Crippen LogP contribution in [0.2, 0.25) is 0 Å². The Hall–Kier alpha value is -3.76. The number of carbonyl (C=O) groups is 1. The molecule has 0 radical (unpaired) electrons. The molecule has 0 aliphatic rings. The van der Waals surface area contributed by atoms with E-state index in [0.29, 0.717) is 27.5 Å². The summed E-state index contributed by atoms with van der Waals surface area (Å²) in [7, 11) is -3.88. The van der Waals surface area contributed by atoms with Crippen molar-refractivity contribution in [2.75, 3.05) is 10.0 Å². The zero-order valence-corrected chi connectivity index (χ0v) is 19.3. The molecule has 1 heterocycles. The zero-order chi connectivity index (χ0) is 24.0. The van der Waals surface area contributed by atoms with Gasteiger partial charge in [0.05, 0.1) is 10.5 Å². The van der Waals surface area contributed by atoms with Crippen molar-refractivity contribution in [1.29, 1.82) is 0 Å². The third kappa shape index (κ3) is 5.77. The van der Waals surface area contributed by atoms with Crippen LogP contribution in [0.25, 0.3) is 0 Å². The van der Waals surface area contributed by atoms with Gasteiger partial charge in [0, 0.05) is 28.7 Å². The topological polar surface area (TPSA) is 101 Å². The van der Waals surface area contributed by atoms with Crippen LogP contribution in [-0.2, 0) is 15.8 Å². The number of hydrogen-bond donors (Lipinski definition) is 2. The molecule has 7 nitrogen and oxygen atoms in total. The number of halogens is 1. The summed E-state index contributed by atoms with van der Waals surface area (Å²) in [6.07, 6.45) is 2.85. The molecular weight excluding hydrogens is 475 g/mol. The lowest BCUT2D eigenvalue weighted by atomic mass is 10.2. The maximum absolute atomic E-state index is 13.9. The number of aromatic nitrogens is 2. The minimum Gasteiger partial charge on any atom is -0.322 e. The molecule has 0 aliphatic heterocycles. The first-order valence-corrected chi connectivity index (χ1v) is 12.6. The molecule has 34 heavy (non-hydrogen) atoms. The summed E-state index contributed by atoms with van der Waals surface area (Å²) >= 11 is 1.36. The first-order valence-electron chi connectivity index (χ1n) is 10.1. The third-order valence-electron chi connectivity index (χ3n) is 4.69. The summed E-state index contributed by atoms with van der Waals surface area (Å²) in [5, 5.41) is 2.77. The van der Waals surface area contributed by atoms with E-state index in [9.17, 15) is 17.6 Å². The second-order valence-corrected chi connectivity index (χ2v) is 9.73. The van der Waals surface area contributed by atoms with E-state index < -0.39 is 10.0 Å². The Bertz CT molecular complexity index is 1400.